The van der Waals surface area contributed by atoms with Crippen molar-refractivity contribution in [1.29, 1.82) is 0 Å². The molecule has 0 aromatic rings. The molecule has 0 aliphatic carbocycles. The Morgan fingerprint density at radius 3 is 2.68 bits per heavy atom. The molecule has 1 amide bonds. The van der Waals surface area contributed by atoms with E-state index in [0.29, 0.717) is 23.1 Å². The molecule has 0 aromatic carbocycles. The number of hydrogen-bond acceptors (Lipinski definition) is 6. The number of hydrogen-bond donors (Lipinski definition) is 2. The zero-order chi connectivity index (χ0) is 17.8. The van der Waals surface area contributed by atoms with Gasteiger partial charge in [-0.05, 0) is 19.1 Å². The summed E-state index contributed by atoms with van der Waals surface area (Å²) in [5, 5.41) is 25.4. The minimum Gasteiger partial charge on any atom is -0.543 e. The van der Waals surface area contributed by atoms with Crippen molar-refractivity contribution in [2.45, 2.75) is 31.2 Å². The Bertz CT molecular complexity index is 642. The van der Waals surface area contributed by atoms with Crippen molar-refractivity contribution < 1.29 is 49.4 Å². The zero-order valence-corrected chi connectivity index (χ0v) is 18.3. The quantitative estimate of drug-likeness (QED) is 0.282. The van der Waals surface area contributed by atoms with Gasteiger partial charge in [0.15, 0.2) is 5.11 Å². The van der Waals surface area contributed by atoms with E-state index in [9.17, 15) is 19.8 Å². The first-order valence-electron chi connectivity index (χ1n) is 7.86. The molecular formula is C15H20N3NaO4S2. The van der Waals surface area contributed by atoms with E-state index >= 15 is 0 Å². The summed E-state index contributed by atoms with van der Waals surface area (Å²) in [5.74, 6) is -2.36. The molecule has 0 radical (unpaired) electrons. The number of carbonyl (C=O) groups excluding carboxylic acids is 2. The number of fused-ring (bicyclic) bond motifs is 1. The second-order valence-electron chi connectivity index (χ2n) is 6.56. The topological polar surface area (TPSA) is 95.9 Å². The number of aliphatic hydroxyl groups excluding tert-OH is 1. The van der Waals surface area contributed by atoms with Crippen LogP contribution in [0.25, 0.3) is 0 Å². The Morgan fingerprint density at radius 1 is 1.52 bits per heavy atom. The predicted molar refractivity (Wildman–Crippen MR) is 91.6 cm³/mol. The molecule has 0 aromatic heterocycles. The van der Waals surface area contributed by atoms with E-state index in [-0.39, 0.29) is 58.4 Å². The molecule has 1 unspecified atom stereocenters. The van der Waals surface area contributed by atoms with Crippen LogP contribution in [0.3, 0.4) is 0 Å². The summed E-state index contributed by atoms with van der Waals surface area (Å²) in [6.45, 7) is 4.81. The van der Waals surface area contributed by atoms with Crippen LogP contribution in [-0.4, -0.2) is 69.4 Å². The summed E-state index contributed by atoms with van der Waals surface area (Å²) < 4.78 is 0. The van der Waals surface area contributed by atoms with Crippen LogP contribution in [-0.2, 0) is 9.59 Å². The van der Waals surface area contributed by atoms with Gasteiger partial charge in [0.2, 0.25) is 5.91 Å². The number of thioether (sulfide) groups is 1. The summed E-state index contributed by atoms with van der Waals surface area (Å²) >= 11 is 6.63. The SMILES string of the molecule is C[C@@H](O)[C@H]1C(=O)N2C(C(=O)[O-])=C(SC3CNC(=S)N(C)C3)[C@H](C)[C@H]12.[Na+]. The van der Waals surface area contributed by atoms with Crippen LogP contribution >= 0.6 is 24.0 Å². The van der Waals surface area contributed by atoms with Crippen molar-refractivity contribution in [3.05, 3.63) is 10.6 Å². The molecule has 7 nitrogen and oxygen atoms in total. The van der Waals surface area contributed by atoms with Crippen LogP contribution in [0.5, 0.6) is 0 Å². The van der Waals surface area contributed by atoms with E-state index in [2.05, 4.69) is 5.32 Å². The number of carbonyl (C=O) groups is 2. The van der Waals surface area contributed by atoms with Crippen LogP contribution in [0.1, 0.15) is 13.8 Å². The van der Waals surface area contributed by atoms with Gasteiger partial charge in [0.1, 0.15) is 0 Å². The van der Waals surface area contributed by atoms with E-state index < -0.39 is 18.0 Å². The second-order valence-corrected chi connectivity index (χ2v) is 8.29. The summed E-state index contributed by atoms with van der Waals surface area (Å²) in [4.78, 5) is 27.8. The second kappa shape index (κ2) is 7.74. The molecule has 0 saturated carbocycles. The molecular weight excluding hydrogens is 373 g/mol. The van der Waals surface area contributed by atoms with Gasteiger partial charge in [-0.25, -0.2) is 0 Å². The Labute approximate surface area is 178 Å². The third-order valence-corrected chi connectivity index (χ3v) is 6.82. The number of carboxylic acid groups (broad SMARTS) is 1. The largest absolute Gasteiger partial charge is 1.00 e. The number of aliphatic carboxylic acids is 1. The Balaban J connectivity index is 0.00000225. The van der Waals surface area contributed by atoms with Gasteiger partial charge in [0, 0.05) is 36.2 Å². The summed E-state index contributed by atoms with van der Waals surface area (Å²) in [7, 11) is 1.88. The maximum absolute atomic E-state index is 12.3. The van der Waals surface area contributed by atoms with Crippen molar-refractivity contribution in [1.82, 2.24) is 15.1 Å². The molecule has 5 atom stereocenters. The van der Waals surface area contributed by atoms with Crippen LogP contribution < -0.4 is 40.0 Å². The monoisotopic (exact) mass is 393 g/mol. The molecule has 3 heterocycles. The van der Waals surface area contributed by atoms with Crippen molar-refractivity contribution in [3.63, 3.8) is 0 Å². The van der Waals surface area contributed by atoms with Gasteiger partial charge in [0.25, 0.3) is 0 Å². The minimum atomic E-state index is -1.34. The van der Waals surface area contributed by atoms with Gasteiger partial charge < -0.3 is 30.1 Å². The molecule has 25 heavy (non-hydrogen) atoms. The zero-order valence-electron chi connectivity index (χ0n) is 14.7. The number of nitrogens with one attached hydrogen (secondary N) is 1. The Kier molecular flexibility index (Phi) is 6.49. The van der Waals surface area contributed by atoms with E-state index in [0.717, 1.165) is 0 Å². The first-order valence-corrected chi connectivity index (χ1v) is 9.15. The van der Waals surface area contributed by atoms with Gasteiger partial charge in [-0.2, -0.15) is 0 Å². The maximum Gasteiger partial charge on any atom is 1.00 e. The van der Waals surface area contributed by atoms with Crippen molar-refractivity contribution >= 4 is 41.0 Å². The fourth-order valence-electron chi connectivity index (χ4n) is 3.72. The first-order chi connectivity index (χ1) is 11.2. The molecule has 2 fully saturated rings. The summed E-state index contributed by atoms with van der Waals surface area (Å²) in [5.41, 5.74) is -0.0322. The van der Waals surface area contributed by atoms with Gasteiger partial charge in [-0.3, -0.25) is 4.79 Å². The molecule has 3 rings (SSSR count). The van der Waals surface area contributed by atoms with Crippen molar-refractivity contribution in [2.75, 3.05) is 20.1 Å². The average molecular weight is 393 g/mol. The number of amides is 1. The minimum absolute atomic E-state index is 0. The number of carboxylic acids is 1. The van der Waals surface area contributed by atoms with Gasteiger partial charge in [0.05, 0.1) is 29.7 Å². The summed E-state index contributed by atoms with van der Waals surface area (Å²) in [6, 6.07) is -0.303. The van der Waals surface area contributed by atoms with E-state index in [4.69, 9.17) is 12.2 Å². The number of rotatable bonds is 4. The number of nitrogens with zero attached hydrogens (tertiary/aromatic N) is 2. The van der Waals surface area contributed by atoms with Crippen LogP contribution in [0, 0.1) is 11.8 Å². The number of aliphatic hydroxyl groups is 1. The predicted octanol–water partition coefficient (Wildman–Crippen LogP) is -4.27. The van der Waals surface area contributed by atoms with Crippen molar-refractivity contribution in [2.24, 2.45) is 11.8 Å². The van der Waals surface area contributed by atoms with E-state index in [1.165, 1.54) is 16.7 Å². The van der Waals surface area contributed by atoms with Gasteiger partial charge >= 0.3 is 29.6 Å². The summed E-state index contributed by atoms with van der Waals surface area (Å²) in [6.07, 6.45) is -0.798. The molecule has 2 saturated heterocycles. The first kappa shape index (κ1) is 21.0. The third kappa shape index (κ3) is 3.46. The number of thiocarbonyl (C=S) groups is 1. The fraction of sp³-hybridized carbons (Fsp3) is 0.667. The van der Waals surface area contributed by atoms with Crippen LogP contribution in [0.4, 0.5) is 0 Å². The standard InChI is InChI=1S/C15H21N3O4S2.Na/c1-6-10-9(7(2)19)13(20)18(10)11(14(21)22)12(6)24-8-4-16-15(23)17(3)5-8;/h6-10,19H,4-5H2,1-3H3,(H,16,23)(H,21,22);/q;+1/p-1/t6-,7-,8?,9-,10-;/m1./s1. The van der Waals surface area contributed by atoms with Gasteiger partial charge in [-0.1, -0.05) is 6.92 Å². The smallest absolute Gasteiger partial charge is 0.543 e. The maximum atomic E-state index is 12.3. The normalized spacial score (nSPS) is 32.6. The van der Waals surface area contributed by atoms with E-state index in [1.807, 2.05) is 18.9 Å². The fourth-order valence-corrected chi connectivity index (χ4v) is 5.35. The Hall–Kier alpha value is -0.320. The van der Waals surface area contributed by atoms with Crippen LogP contribution in [0.2, 0.25) is 0 Å². The molecule has 132 valence electrons. The third-order valence-electron chi connectivity index (χ3n) is 4.90. The molecule has 2 N–H and O–H groups in total. The molecule has 10 heteroatoms. The average Bonchev–Trinajstić information content (AvgIpc) is 2.73. The van der Waals surface area contributed by atoms with Crippen LogP contribution in [0.15, 0.2) is 10.6 Å². The Morgan fingerprint density at radius 2 is 2.16 bits per heavy atom. The molecule has 0 spiro atoms. The van der Waals surface area contributed by atoms with E-state index in [1.54, 1.807) is 6.92 Å². The van der Waals surface area contributed by atoms with Crippen molar-refractivity contribution in [3.8, 4) is 0 Å². The molecule has 3 aliphatic heterocycles. The number of β-lactam (4-membered cyclic amide) rings is 1. The molecule has 3 aliphatic rings. The van der Waals surface area contributed by atoms with Gasteiger partial charge in [-0.15, -0.1) is 11.8 Å². The molecule has 0 bridgehead atoms.